The van der Waals surface area contributed by atoms with Crippen molar-refractivity contribution in [3.8, 4) is 0 Å². The van der Waals surface area contributed by atoms with Crippen molar-refractivity contribution in [2.75, 3.05) is 23.7 Å². The van der Waals surface area contributed by atoms with Crippen LogP contribution in [0.25, 0.3) is 16.6 Å². The summed E-state index contributed by atoms with van der Waals surface area (Å²) in [5.74, 6) is -0.00374. The maximum atomic E-state index is 12.7. The lowest BCUT2D eigenvalue weighted by Gasteiger charge is -2.30. The van der Waals surface area contributed by atoms with Crippen LogP contribution >= 0.6 is 0 Å². The molecular formula is C24H24N6O4. The SMILES string of the molecule is Cc1ccc(NC(=O)Nc2cccc3nn4c(C5CCN(C(=O)O)CC5)cc(=O)[nH]c4c23)cc1. The van der Waals surface area contributed by atoms with Gasteiger partial charge in [-0.1, -0.05) is 23.8 Å². The number of likely N-dealkylation sites (tertiary alicyclic amines) is 1. The van der Waals surface area contributed by atoms with Crippen molar-refractivity contribution in [3.63, 3.8) is 0 Å². The Hall–Kier alpha value is -4.34. The Morgan fingerprint density at radius 3 is 2.53 bits per heavy atom. The zero-order chi connectivity index (χ0) is 23.8. The van der Waals surface area contributed by atoms with Gasteiger partial charge in [0.2, 0.25) is 0 Å². The van der Waals surface area contributed by atoms with E-state index in [4.69, 9.17) is 5.10 Å². The first kappa shape index (κ1) is 21.5. The molecule has 0 bridgehead atoms. The monoisotopic (exact) mass is 460 g/mol. The Morgan fingerprint density at radius 1 is 1.09 bits per heavy atom. The molecule has 5 rings (SSSR count). The third kappa shape index (κ3) is 4.05. The van der Waals surface area contributed by atoms with Crippen LogP contribution in [0.3, 0.4) is 0 Å². The van der Waals surface area contributed by atoms with Crippen LogP contribution in [0.5, 0.6) is 0 Å². The fourth-order valence-corrected chi connectivity index (χ4v) is 4.47. The number of piperidine rings is 1. The lowest BCUT2D eigenvalue weighted by molar-refractivity contribution is 0.131. The number of hydrogen-bond donors (Lipinski definition) is 4. The quantitative estimate of drug-likeness (QED) is 0.367. The van der Waals surface area contributed by atoms with E-state index in [9.17, 15) is 19.5 Å². The van der Waals surface area contributed by atoms with Gasteiger partial charge in [-0.15, -0.1) is 0 Å². The van der Waals surface area contributed by atoms with Gasteiger partial charge in [0.15, 0.2) is 0 Å². The minimum absolute atomic E-state index is 0.00374. The van der Waals surface area contributed by atoms with E-state index < -0.39 is 12.1 Å². The summed E-state index contributed by atoms with van der Waals surface area (Å²) in [6.07, 6.45) is 0.273. The van der Waals surface area contributed by atoms with Crippen molar-refractivity contribution < 1.29 is 14.7 Å². The number of aromatic amines is 1. The van der Waals surface area contributed by atoms with Crippen LogP contribution in [-0.4, -0.2) is 49.8 Å². The van der Waals surface area contributed by atoms with Crippen LogP contribution in [0.1, 0.15) is 30.0 Å². The highest BCUT2D eigenvalue weighted by Gasteiger charge is 2.26. The number of hydrogen-bond acceptors (Lipinski definition) is 4. The third-order valence-electron chi connectivity index (χ3n) is 6.21. The molecule has 1 fully saturated rings. The topological polar surface area (TPSA) is 132 Å². The number of rotatable bonds is 3. The summed E-state index contributed by atoms with van der Waals surface area (Å²) in [6, 6.07) is 14.0. The summed E-state index contributed by atoms with van der Waals surface area (Å²) in [4.78, 5) is 40.7. The largest absolute Gasteiger partial charge is 0.465 e. The van der Waals surface area contributed by atoms with Gasteiger partial charge in [-0.25, -0.2) is 14.1 Å². The maximum absolute atomic E-state index is 12.7. The van der Waals surface area contributed by atoms with Crippen molar-refractivity contribution >= 4 is 40.0 Å². The first-order chi connectivity index (χ1) is 16.4. The Morgan fingerprint density at radius 2 is 1.82 bits per heavy atom. The molecule has 174 valence electrons. The molecule has 2 aromatic heterocycles. The number of carboxylic acid groups (broad SMARTS) is 1. The molecular weight excluding hydrogens is 436 g/mol. The highest BCUT2D eigenvalue weighted by atomic mass is 16.4. The Kier molecular flexibility index (Phi) is 5.40. The predicted molar refractivity (Wildman–Crippen MR) is 129 cm³/mol. The minimum Gasteiger partial charge on any atom is -0.465 e. The Bertz CT molecular complexity index is 1450. The van der Waals surface area contributed by atoms with E-state index in [1.54, 1.807) is 16.6 Å². The van der Waals surface area contributed by atoms with Gasteiger partial charge >= 0.3 is 12.1 Å². The van der Waals surface area contributed by atoms with Gasteiger partial charge in [0.1, 0.15) is 5.65 Å². The smallest absolute Gasteiger partial charge is 0.407 e. The number of benzene rings is 2. The van der Waals surface area contributed by atoms with Gasteiger partial charge in [0, 0.05) is 30.8 Å². The number of nitrogens with one attached hydrogen (secondary N) is 3. The highest BCUT2D eigenvalue weighted by Crippen LogP contribution is 2.31. The number of aromatic nitrogens is 3. The number of nitrogens with zero attached hydrogens (tertiary/aromatic N) is 3. The molecule has 10 heteroatoms. The molecule has 0 unspecified atom stereocenters. The second kappa shape index (κ2) is 8.54. The molecule has 0 aliphatic carbocycles. The predicted octanol–water partition coefficient (Wildman–Crippen LogP) is 3.99. The van der Waals surface area contributed by atoms with Crippen LogP contribution in [0, 0.1) is 6.92 Å². The van der Waals surface area contributed by atoms with Gasteiger partial charge < -0.3 is 25.6 Å². The summed E-state index contributed by atoms with van der Waals surface area (Å²) < 4.78 is 1.70. The lowest BCUT2D eigenvalue weighted by Crippen LogP contribution is -2.37. The summed E-state index contributed by atoms with van der Waals surface area (Å²) >= 11 is 0. The van der Waals surface area contributed by atoms with Crippen LogP contribution in [-0.2, 0) is 0 Å². The van der Waals surface area contributed by atoms with Crippen molar-refractivity contribution in [2.45, 2.75) is 25.7 Å². The molecule has 34 heavy (non-hydrogen) atoms. The molecule has 4 aromatic rings. The first-order valence-electron chi connectivity index (χ1n) is 11.1. The van der Waals surface area contributed by atoms with Gasteiger partial charge in [-0.05, 0) is 44.0 Å². The summed E-state index contributed by atoms with van der Waals surface area (Å²) in [6.45, 7) is 2.78. The van der Waals surface area contributed by atoms with Crippen LogP contribution in [0.2, 0.25) is 0 Å². The number of urea groups is 1. The van der Waals surface area contributed by atoms with E-state index in [2.05, 4.69) is 15.6 Å². The minimum atomic E-state index is -0.932. The van der Waals surface area contributed by atoms with Gasteiger partial charge in [-0.3, -0.25) is 4.79 Å². The highest BCUT2D eigenvalue weighted by molar-refractivity contribution is 6.09. The Balaban J connectivity index is 1.49. The molecule has 0 radical (unpaired) electrons. The van der Waals surface area contributed by atoms with Crippen LogP contribution < -0.4 is 16.2 Å². The van der Waals surface area contributed by atoms with E-state index in [1.165, 1.54) is 11.0 Å². The van der Waals surface area contributed by atoms with Crippen molar-refractivity contribution in [3.05, 3.63) is 70.1 Å². The molecule has 0 spiro atoms. The average Bonchev–Trinajstić information content (AvgIpc) is 3.19. The number of carbonyl (C=O) groups excluding carboxylic acids is 1. The fraction of sp³-hybridized carbons (Fsp3) is 0.250. The van der Waals surface area contributed by atoms with Gasteiger partial charge in [-0.2, -0.15) is 5.10 Å². The molecule has 0 saturated carbocycles. The van der Waals surface area contributed by atoms with Crippen LogP contribution in [0.15, 0.2) is 53.3 Å². The van der Waals surface area contributed by atoms with E-state index >= 15 is 0 Å². The average molecular weight is 460 g/mol. The van der Waals surface area contributed by atoms with E-state index in [-0.39, 0.29) is 11.5 Å². The van der Waals surface area contributed by atoms with Crippen molar-refractivity contribution in [1.82, 2.24) is 19.5 Å². The lowest BCUT2D eigenvalue weighted by atomic mass is 9.93. The number of anilines is 2. The second-order valence-electron chi connectivity index (χ2n) is 8.51. The zero-order valence-electron chi connectivity index (χ0n) is 18.5. The van der Waals surface area contributed by atoms with Gasteiger partial charge in [0.05, 0.1) is 22.3 Å². The van der Waals surface area contributed by atoms with E-state index in [0.29, 0.717) is 53.9 Å². The normalized spacial score (nSPS) is 14.4. The number of fused-ring (bicyclic) bond motifs is 3. The fourth-order valence-electron chi connectivity index (χ4n) is 4.47. The standard InChI is InChI=1S/C24H24N6O4/c1-14-5-7-16(8-6-14)25-23(32)26-17-3-2-4-18-21(17)22-27-20(31)13-19(30(22)28-18)15-9-11-29(12-10-15)24(33)34/h2-8,13,15H,9-12H2,1H3,(H,27,31)(H,33,34)(H2,25,26,32). The second-order valence-corrected chi connectivity index (χ2v) is 8.51. The van der Waals surface area contributed by atoms with Crippen molar-refractivity contribution in [1.29, 1.82) is 0 Å². The number of aryl methyl sites for hydroxylation is 1. The third-order valence-corrected chi connectivity index (χ3v) is 6.21. The molecule has 1 aliphatic rings. The molecule has 10 nitrogen and oxygen atoms in total. The summed E-state index contributed by atoms with van der Waals surface area (Å²) in [5, 5.41) is 20.2. The molecule has 1 aliphatic heterocycles. The Labute approximate surface area is 194 Å². The molecule has 0 atom stereocenters. The maximum Gasteiger partial charge on any atom is 0.407 e. The number of H-pyrrole nitrogens is 1. The molecule has 1 saturated heterocycles. The summed E-state index contributed by atoms with van der Waals surface area (Å²) in [5.41, 5.74) is 3.85. The van der Waals surface area contributed by atoms with Crippen molar-refractivity contribution in [2.24, 2.45) is 0 Å². The van der Waals surface area contributed by atoms with E-state index in [0.717, 1.165) is 11.3 Å². The molecule has 2 aromatic carbocycles. The molecule has 3 heterocycles. The number of amides is 3. The molecule has 4 N–H and O–H groups in total. The van der Waals surface area contributed by atoms with E-state index in [1.807, 2.05) is 37.3 Å². The van der Waals surface area contributed by atoms with Gasteiger partial charge in [0.25, 0.3) is 5.56 Å². The number of carbonyl (C=O) groups is 2. The molecule has 3 amide bonds. The first-order valence-corrected chi connectivity index (χ1v) is 11.1. The summed E-state index contributed by atoms with van der Waals surface area (Å²) in [7, 11) is 0. The van der Waals surface area contributed by atoms with Crippen LogP contribution in [0.4, 0.5) is 21.0 Å². The zero-order valence-corrected chi connectivity index (χ0v) is 18.5.